The molecule has 5 nitrogen and oxygen atoms in total. The number of hydrogen-bond donors (Lipinski definition) is 1. The zero-order valence-electron chi connectivity index (χ0n) is 10.0. The van der Waals surface area contributed by atoms with Crippen molar-refractivity contribution in [2.24, 2.45) is 0 Å². The number of nitrogen functional groups attached to an aromatic ring is 1. The number of furan rings is 1. The van der Waals surface area contributed by atoms with Crippen LogP contribution in [0.5, 0.6) is 5.75 Å². The molecule has 0 spiro atoms. The average Bonchev–Trinajstić information content (AvgIpc) is 2.80. The minimum atomic E-state index is -0.387. The molecule has 0 unspecified atom stereocenters. The molecule has 0 amide bonds. The summed E-state index contributed by atoms with van der Waals surface area (Å²) in [5.74, 6) is 1.22. The van der Waals surface area contributed by atoms with E-state index < -0.39 is 0 Å². The topological polar surface area (TPSA) is 78.3 Å². The lowest BCUT2D eigenvalue weighted by molar-refractivity contribution is 0.415. The number of ether oxygens (including phenoxy) is 1. The molecule has 0 bridgehead atoms. The van der Waals surface area contributed by atoms with Gasteiger partial charge in [0.25, 0.3) is 5.56 Å². The molecule has 0 aliphatic rings. The van der Waals surface area contributed by atoms with Crippen LogP contribution in [0.2, 0.25) is 0 Å². The van der Waals surface area contributed by atoms with Crippen LogP contribution < -0.4 is 16.0 Å². The summed E-state index contributed by atoms with van der Waals surface area (Å²) < 4.78 is 10.8. The maximum Gasteiger partial charge on any atom is 0.284 e. The van der Waals surface area contributed by atoms with Crippen molar-refractivity contribution in [3.63, 3.8) is 0 Å². The van der Waals surface area contributed by atoms with Gasteiger partial charge in [-0.05, 0) is 24.3 Å². The molecule has 0 aliphatic heterocycles. The van der Waals surface area contributed by atoms with Gasteiger partial charge < -0.3 is 14.9 Å². The lowest BCUT2D eigenvalue weighted by atomic mass is 10.2. The number of methoxy groups -OCH3 is 1. The van der Waals surface area contributed by atoms with Crippen molar-refractivity contribution in [1.82, 2.24) is 4.98 Å². The van der Waals surface area contributed by atoms with Gasteiger partial charge in [0.15, 0.2) is 5.13 Å². The van der Waals surface area contributed by atoms with Gasteiger partial charge in [0, 0.05) is 10.8 Å². The highest BCUT2D eigenvalue weighted by atomic mass is 32.1. The first-order valence-electron chi connectivity index (χ1n) is 5.50. The second-order valence-corrected chi connectivity index (χ2v) is 4.81. The fraction of sp³-hybridized carbons (Fsp3) is 0.0769. The highest BCUT2D eigenvalue weighted by Crippen LogP contribution is 2.29. The minimum absolute atomic E-state index is 0.242. The Morgan fingerprint density at radius 2 is 2.21 bits per heavy atom. The van der Waals surface area contributed by atoms with E-state index >= 15 is 0 Å². The van der Waals surface area contributed by atoms with E-state index in [-0.39, 0.29) is 10.7 Å². The average molecular weight is 274 g/mol. The predicted molar refractivity (Wildman–Crippen MR) is 74.6 cm³/mol. The summed E-state index contributed by atoms with van der Waals surface area (Å²) in [5, 5.41) is 2.77. The summed E-state index contributed by atoms with van der Waals surface area (Å²) in [6.07, 6.45) is 0. The number of aromatic nitrogens is 1. The first-order chi connectivity index (χ1) is 9.17. The Hall–Kier alpha value is -2.34. The molecular formula is C13H10N2O3S. The van der Waals surface area contributed by atoms with Crippen molar-refractivity contribution in [1.29, 1.82) is 0 Å². The van der Waals surface area contributed by atoms with Gasteiger partial charge in [-0.3, -0.25) is 4.79 Å². The van der Waals surface area contributed by atoms with E-state index in [0.29, 0.717) is 16.9 Å². The molecule has 3 rings (SSSR count). The van der Waals surface area contributed by atoms with Gasteiger partial charge in [-0.15, -0.1) is 11.3 Å². The van der Waals surface area contributed by atoms with Crippen LogP contribution in [0.25, 0.3) is 22.3 Å². The highest BCUT2D eigenvalue weighted by Gasteiger charge is 2.11. The number of nitrogens with two attached hydrogens (primary N) is 1. The summed E-state index contributed by atoms with van der Waals surface area (Å²) in [5.41, 5.74) is 6.20. The Morgan fingerprint density at radius 3 is 2.95 bits per heavy atom. The summed E-state index contributed by atoms with van der Waals surface area (Å²) in [6, 6.07) is 7.24. The van der Waals surface area contributed by atoms with Gasteiger partial charge >= 0.3 is 0 Å². The molecule has 2 aromatic heterocycles. The quantitative estimate of drug-likeness (QED) is 0.776. The largest absolute Gasteiger partial charge is 0.497 e. The van der Waals surface area contributed by atoms with Gasteiger partial charge in [0.05, 0.1) is 12.7 Å². The van der Waals surface area contributed by atoms with Gasteiger partial charge in [-0.2, -0.15) is 4.98 Å². The van der Waals surface area contributed by atoms with Gasteiger partial charge in [0.1, 0.15) is 17.1 Å². The lowest BCUT2D eigenvalue weighted by Gasteiger charge is -1.96. The van der Waals surface area contributed by atoms with Crippen molar-refractivity contribution in [2.45, 2.75) is 0 Å². The minimum Gasteiger partial charge on any atom is -0.497 e. The molecular weight excluding hydrogens is 264 g/mol. The Morgan fingerprint density at radius 1 is 1.37 bits per heavy atom. The van der Waals surface area contributed by atoms with Crippen molar-refractivity contribution in [2.75, 3.05) is 12.8 Å². The molecule has 0 fully saturated rings. The molecule has 0 aliphatic carbocycles. The molecule has 3 aromatic rings. The maximum atomic E-state index is 11.8. The number of benzene rings is 1. The molecule has 96 valence electrons. The van der Waals surface area contributed by atoms with Crippen LogP contribution >= 0.6 is 11.3 Å². The summed E-state index contributed by atoms with van der Waals surface area (Å²) in [4.78, 5) is 15.5. The Balaban J connectivity index is 2.17. The first-order valence-corrected chi connectivity index (χ1v) is 6.38. The van der Waals surface area contributed by atoms with Gasteiger partial charge in [0.2, 0.25) is 0 Å². The zero-order valence-corrected chi connectivity index (χ0v) is 10.9. The van der Waals surface area contributed by atoms with Crippen LogP contribution in [0, 0.1) is 0 Å². The maximum absolute atomic E-state index is 11.8. The molecule has 0 saturated carbocycles. The number of nitrogens with zero attached hydrogens (tertiary/aromatic N) is 1. The molecule has 0 radical (unpaired) electrons. The van der Waals surface area contributed by atoms with E-state index in [9.17, 15) is 4.79 Å². The van der Waals surface area contributed by atoms with E-state index in [0.717, 1.165) is 11.1 Å². The van der Waals surface area contributed by atoms with E-state index in [1.807, 2.05) is 6.07 Å². The number of anilines is 1. The standard InChI is InChI=1S/C13H10N2O3S/c1-17-8-2-3-10-7(4-8)5-11(18-10)9-6-19-13(14)15-12(9)16/h2-6H,1H3,(H2,14,15,16). The molecule has 0 atom stereocenters. The third kappa shape index (κ3) is 2.06. The Labute approximate surface area is 112 Å². The predicted octanol–water partition coefficient (Wildman–Crippen LogP) is 2.51. The second-order valence-electron chi connectivity index (χ2n) is 3.92. The summed E-state index contributed by atoms with van der Waals surface area (Å²) >= 11 is 1.20. The molecule has 6 heteroatoms. The summed E-state index contributed by atoms with van der Waals surface area (Å²) in [7, 11) is 1.60. The first kappa shape index (κ1) is 11.7. The third-order valence-electron chi connectivity index (χ3n) is 2.73. The number of fused-ring (bicyclic) bond motifs is 1. The fourth-order valence-corrected chi connectivity index (χ4v) is 2.39. The van der Waals surface area contributed by atoms with Crippen LogP contribution in [0.15, 0.2) is 38.9 Å². The smallest absolute Gasteiger partial charge is 0.284 e. The van der Waals surface area contributed by atoms with Gasteiger partial charge in [-0.25, -0.2) is 0 Å². The molecule has 1 aromatic carbocycles. The van der Waals surface area contributed by atoms with Crippen molar-refractivity contribution < 1.29 is 9.15 Å². The highest BCUT2D eigenvalue weighted by molar-refractivity contribution is 7.13. The Kier molecular flexibility index (Phi) is 2.72. The van der Waals surface area contributed by atoms with Gasteiger partial charge in [-0.1, -0.05) is 0 Å². The molecule has 0 saturated heterocycles. The van der Waals surface area contributed by atoms with E-state index in [1.54, 1.807) is 30.7 Å². The van der Waals surface area contributed by atoms with E-state index in [1.165, 1.54) is 11.3 Å². The van der Waals surface area contributed by atoms with Crippen molar-refractivity contribution in [3.8, 4) is 17.1 Å². The number of hydrogen-bond acceptors (Lipinski definition) is 6. The lowest BCUT2D eigenvalue weighted by Crippen LogP contribution is -2.08. The van der Waals surface area contributed by atoms with Crippen molar-refractivity contribution >= 4 is 27.4 Å². The van der Waals surface area contributed by atoms with Crippen LogP contribution in [0.3, 0.4) is 0 Å². The second kappa shape index (κ2) is 4.40. The summed E-state index contributed by atoms with van der Waals surface area (Å²) in [6.45, 7) is 0. The SMILES string of the molecule is COc1ccc2oc(-c3csc(N)nc3=O)cc2c1. The van der Waals surface area contributed by atoms with E-state index in [2.05, 4.69) is 4.98 Å². The van der Waals surface area contributed by atoms with Crippen LogP contribution in [0.4, 0.5) is 5.13 Å². The van der Waals surface area contributed by atoms with Crippen LogP contribution in [-0.2, 0) is 0 Å². The fourth-order valence-electron chi connectivity index (χ4n) is 1.80. The van der Waals surface area contributed by atoms with Crippen LogP contribution in [0.1, 0.15) is 0 Å². The third-order valence-corrected chi connectivity index (χ3v) is 3.41. The molecule has 2 N–H and O–H groups in total. The normalized spacial score (nSPS) is 10.8. The Bertz CT molecular complexity index is 807. The van der Waals surface area contributed by atoms with Crippen LogP contribution in [-0.4, -0.2) is 12.1 Å². The van der Waals surface area contributed by atoms with E-state index in [4.69, 9.17) is 14.9 Å². The van der Waals surface area contributed by atoms with Crippen molar-refractivity contribution in [3.05, 3.63) is 40.0 Å². The zero-order chi connectivity index (χ0) is 13.4. The molecule has 2 heterocycles. The molecule has 19 heavy (non-hydrogen) atoms. The monoisotopic (exact) mass is 274 g/mol. The number of rotatable bonds is 2.